The molecule has 0 aliphatic heterocycles. The SMILES string of the molecule is CCCCCCC(CC)CCS(=O)(=O)O. The lowest BCUT2D eigenvalue weighted by molar-refractivity contribution is 0.417. The van der Waals surface area contributed by atoms with Crippen molar-refractivity contribution in [2.45, 2.75) is 58.8 Å². The van der Waals surface area contributed by atoms with Gasteiger partial charge in [-0.3, -0.25) is 4.55 Å². The summed E-state index contributed by atoms with van der Waals surface area (Å²) in [6.07, 6.45) is 7.59. The summed E-state index contributed by atoms with van der Waals surface area (Å²) >= 11 is 0. The molecule has 0 radical (unpaired) electrons. The highest BCUT2D eigenvalue weighted by Gasteiger charge is 2.11. The Kier molecular flexibility index (Phi) is 8.06. The first kappa shape index (κ1) is 14.9. The van der Waals surface area contributed by atoms with Crippen LogP contribution >= 0.6 is 0 Å². The normalized spacial score (nSPS) is 14.1. The van der Waals surface area contributed by atoms with Crippen LogP contribution in [0.2, 0.25) is 0 Å². The van der Waals surface area contributed by atoms with Crippen molar-refractivity contribution in [1.29, 1.82) is 0 Å². The average molecular weight is 236 g/mol. The van der Waals surface area contributed by atoms with Crippen LogP contribution in [0.5, 0.6) is 0 Å². The van der Waals surface area contributed by atoms with Crippen molar-refractivity contribution >= 4 is 10.1 Å². The molecule has 0 aromatic rings. The summed E-state index contributed by atoms with van der Waals surface area (Å²) < 4.78 is 29.8. The minimum Gasteiger partial charge on any atom is -0.286 e. The van der Waals surface area contributed by atoms with Gasteiger partial charge in [-0.2, -0.15) is 8.42 Å². The Balaban J connectivity index is 3.64. The Bertz CT molecular complexity index is 234. The molecule has 0 saturated carbocycles. The summed E-state index contributed by atoms with van der Waals surface area (Å²) in [6.45, 7) is 4.25. The molecular formula is C11H24O3S. The van der Waals surface area contributed by atoms with Gasteiger partial charge in [0.1, 0.15) is 0 Å². The lowest BCUT2D eigenvalue weighted by Crippen LogP contribution is -2.09. The Hall–Kier alpha value is -0.0900. The summed E-state index contributed by atoms with van der Waals surface area (Å²) in [5, 5.41) is 0. The Morgan fingerprint density at radius 1 is 1.07 bits per heavy atom. The first-order valence-corrected chi connectivity index (χ1v) is 7.55. The van der Waals surface area contributed by atoms with Gasteiger partial charge in [-0.25, -0.2) is 0 Å². The van der Waals surface area contributed by atoms with Crippen LogP contribution in [0.25, 0.3) is 0 Å². The summed E-state index contributed by atoms with van der Waals surface area (Å²) in [4.78, 5) is 0. The lowest BCUT2D eigenvalue weighted by Gasteiger charge is -2.13. The summed E-state index contributed by atoms with van der Waals surface area (Å²) in [5.74, 6) is 0.364. The van der Waals surface area contributed by atoms with E-state index in [1.807, 2.05) is 0 Å². The van der Waals surface area contributed by atoms with Gasteiger partial charge in [0.25, 0.3) is 10.1 Å². The number of hydrogen-bond donors (Lipinski definition) is 1. The largest absolute Gasteiger partial charge is 0.286 e. The molecule has 0 aliphatic carbocycles. The van der Waals surface area contributed by atoms with Crippen molar-refractivity contribution in [2.24, 2.45) is 5.92 Å². The molecule has 1 atom stereocenters. The average Bonchev–Trinajstić information content (AvgIpc) is 2.15. The predicted octanol–water partition coefficient (Wildman–Crippen LogP) is 3.26. The van der Waals surface area contributed by atoms with Gasteiger partial charge in [0.2, 0.25) is 0 Å². The molecule has 15 heavy (non-hydrogen) atoms. The Labute approximate surface area is 94.0 Å². The standard InChI is InChI=1S/C11H24O3S/c1-3-5-6-7-8-11(4-2)9-10-15(12,13)14/h11H,3-10H2,1-2H3,(H,12,13,14). The summed E-state index contributed by atoms with van der Waals surface area (Å²) in [6, 6.07) is 0. The first-order valence-electron chi connectivity index (χ1n) is 5.94. The van der Waals surface area contributed by atoms with E-state index in [0.717, 1.165) is 12.8 Å². The second kappa shape index (κ2) is 8.11. The van der Waals surface area contributed by atoms with Crippen molar-refractivity contribution in [3.8, 4) is 0 Å². The van der Waals surface area contributed by atoms with E-state index in [1.165, 1.54) is 25.7 Å². The summed E-state index contributed by atoms with van der Waals surface area (Å²) in [7, 11) is -3.76. The molecule has 0 rings (SSSR count). The van der Waals surface area contributed by atoms with E-state index in [0.29, 0.717) is 12.3 Å². The molecular weight excluding hydrogens is 212 g/mol. The van der Waals surface area contributed by atoms with Gasteiger partial charge < -0.3 is 0 Å². The molecule has 0 heterocycles. The van der Waals surface area contributed by atoms with Crippen LogP contribution in [0.3, 0.4) is 0 Å². The molecule has 0 amide bonds. The van der Waals surface area contributed by atoms with Crippen LogP contribution in [0.15, 0.2) is 0 Å². The van der Waals surface area contributed by atoms with Gasteiger partial charge >= 0.3 is 0 Å². The smallest absolute Gasteiger partial charge is 0.264 e. The van der Waals surface area contributed by atoms with E-state index in [9.17, 15) is 8.42 Å². The van der Waals surface area contributed by atoms with Gasteiger partial charge in [-0.15, -0.1) is 0 Å². The third kappa shape index (κ3) is 10.2. The molecule has 0 aromatic carbocycles. The van der Waals surface area contributed by atoms with Crippen LogP contribution in [0.4, 0.5) is 0 Å². The molecule has 1 unspecified atom stereocenters. The fourth-order valence-electron chi connectivity index (χ4n) is 1.73. The van der Waals surface area contributed by atoms with E-state index >= 15 is 0 Å². The molecule has 1 N–H and O–H groups in total. The lowest BCUT2D eigenvalue weighted by atomic mass is 9.96. The van der Waals surface area contributed by atoms with Crippen molar-refractivity contribution in [1.82, 2.24) is 0 Å². The minimum absolute atomic E-state index is 0.0840. The maximum Gasteiger partial charge on any atom is 0.264 e. The number of hydrogen-bond acceptors (Lipinski definition) is 2. The van der Waals surface area contributed by atoms with Crippen molar-refractivity contribution in [3.05, 3.63) is 0 Å². The molecule has 0 fully saturated rings. The van der Waals surface area contributed by atoms with E-state index in [-0.39, 0.29) is 5.75 Å². The van der Waals surface area contributed by atoms with E-state index in [2.05, 4.69) is 13.8 Å². The fraction of sp³-hybridized carbons (Fsp3) is 1.00. The highest BCUT2D eigenvalue weighted by molar-refractivity contribution is 7.85. The second-order valence-corrected chi connectivity index (χ2v) is 5.77. The third-order valence-corrected chi connectivity index (χ3v) is 3.58. The van der Waals surface area contributed by atoms with E-state index < -0.39 is 10.1 Å². The number of unbranched alkanes of at least 4 members (excludes halogenated alkanes) is 3. The van der Waals surface area contributed by atoms with Crippen LogP contribution in [-0.2, 0) is 10.1 Å². The van der Waals surface area contributed by atoms with E-state index in [4.69, 9.17) is 4.55 Å². The highest BCUT2D eigenvalue weighted by Crippen LogP contribution is 2.18. The molecule has 0 spiro atoms. The van der Waals surface area contributed by atoms with Crippen LogP contribution in [-0.4, -0.2) is 18.7 Å². The molecule has 3 nitrogen and oxygen atoms in total. The highest BCUT2D eigenvalue weighted by atomic mass is 32.2. The van der Waals surface area contributed by atoms with E-state index in [1.54, 1.807) is 0 Å². The van der Waals surface area contributed by atoms with Crippen LogP contribution in [0.1, 0.15) is 58.8 Å². The quantitative estimate of drug-likeness (QED) is 0.494. The van der Waals surface area contributed by atoms with Crippen molar-refractivity contribution in [2.75, 3.05) is 5.75 Å². The maximum atomic E-state index is 10.6. The molecule has 0 aliphatic rings. The predicted molar refractivity (Wildman–Crippen MR) is 63.6 cm³/mol. The number of rotatable bonds is 9. The molecule has 0 bridgehead atoms. The fourth-order valence-corrected chi connectivity index (χ4v) is 2.36. The van der Waals surface area contributed by atoms with Crippen molar-refractivity contribution in [3.63, 3.8) is 0 Å². The van der Waals surface area contributed by atoms with Crippen LogP contribution < -0.4 is 0 Å². The Morgan fingerprint density at radius 2 is 1.73 bits per heavy atom. The minimum atomic E-state index is -3.76. The van der Waals surface area contributed by atoms with Gasteiger partial charge in [0.15, 0.2) is 0 Å². The van der Waals surface area contributed by atoms with Crippen molar-refractivity contribution < 1.29 is 13.0 Å². The first-order chi connectivity index (χ1) is 6.99. The molecule has 0 saturated heterocycles. The van der Waals surface area contributed by atoms with Gasteiger partial charge in [0.05, 0.1) is 5.75 Å². The van der Waals surface area contributed by atoms with Gasteiger partial charge in [-0.05, 0) is 12.3 Å². The third-order valence-electron chi connectivity index (χ3n) is 2.83. The zero-order chi connectivity index (χ0) is 11.7. The zero-order valence-corrected chi connectivity index (χ0v) is 10.7. The summed E-state index contributed by atoms with van der Waals surface area (Å²) in [5.41, 5.74) is 0. The van der Waals surface area contributed by atoms with Crippen LogP contribution in [0, 0.1) is 5.92 Å². The molecule has 4 heteroatoms. The second-order valence-electron chi connectivity index (χ2n) is 4.20. The zero-order valence-electron chi connectivity index (χ0n) is 9.91. The molecule has 0 aromatic heterocycles. The topological polar surface area (TPSA) is 54.4 Å². The monoisotopic (exact) mass is 236 g/mol. The van der Waals surface area contributed by atoms with Gasteiger partial charge in [0, 0.05) is 0 Å². The van der Waals surface area contributed by atoms with Gasteiger partial charge in [-0.1, -0.05) is 52.4 Å². The Morgan fingerprint density at radius 3 is 2.20 bits per heavy atom. The molecule has 92 valence electrons. The maximum absolute atomic E-state index is 10.6.